The van der Waals surface area contributed by atoms with E-state index in [4.69, 9.17) is 21.1 Å². The molecule has 0 atom stereocenters. The monoisotopic (exact) mass is 450 g/mol. The van der Waals surface area contributed by atoms with E-state index in [2.05, 4.69) is 5.32 Å². The summed E-state index contributed by atoms with van der Waals surface area (Å²) in [6, 6.07) is 14.1. The lowest BCUT2D eigenvalue weighted by molar-refractivity contribution is -0.116. The number of halogens is 1. The molecule has 0 bridgehead atoms. The van der Waals surface area contributed by atoms with Crippen molar-refractivity contribution in [2.24, 2.45) is 0 Å². The predicted octanol–water partition coefficient (Wildman–Crippen LogP) is 4.28. The zero-order valence-corrected chi connectivity index (χ0v) is 17.8. The molecular formula is C24H19ClN2O5. The van der Waals surface area contributed by atoms with Crippen molar-refractivity contribution in [3.05, 3.63) is 64.7 Å². The Hall–Kier alpha value is -3.58. The van der Waals surface area contributed by atoms with Crippen molar-refractivity contribution in [2.45, 2.75) is 12.8 Å². The molecule has 0 saturated carbocycles. The number of benzene rings is 3. The van der Waals surface area contributed by atoms with Crippen LogP contribution in [0.3, 0.4) is 0 Å². The van der Waals surface area contributed by atoms with Crippen LogP contribution < -0.4 is 14.8 Å². The molecule has 0 aromatic heterocycles. The van der Waals surface area contributed by atoms with Gasteiger partial charge >= 0.3 is 0 Å². The maximum absolute atomic E-state index is 12.9. The van der Waals surface area contributed by atoms with Gasteiger partial charge in [0.25, 0.3) is 11.8 Å². The summed E-state index contributed by atoms with van der Waals surface area (Å²) in [5.74, 6) is 0.108. The summed E-state index contributed by atoms with van der Waals surface area (Å²) < 4.78 is 11.0. The minimum atomic E-state index is -0.338. The Morgan fingerprint density at radius 2 is 1.59 bits per heavy atom. The molecule has 2 aliphatic heterocycles. The van der Waals surface area contributed by atoms with Crippen LogP contribution in [-0.4, -0.2) is 42.4 Å². The van der Waals surface area contributed by atoms with Gasteiger partial charge in [0.05, 0.1) is 10.7 Å². The molecule has 2 heterocycles. The fraction of sp³-hybridized carbons (Fsp3) is 0.208. The van der Waals surface area contributed by atoms with Gasteiger partial charge in [0.2, 0.25) is 5.91 Å². The van der Waals surface area contributed by atoms with Gasteiger partial charge in [0.15, 0.2) is 11.5 Å². The highest BCUT2D eigenvalue weighted by Gasteiger charge is 2.32. The van der Waals surface area contributed by atoms with E-state index in [0.29, 0.717) is 58.4 Å². The summed E-state index contributed by atoms with van der Waals surface area (Å²) in [6.07, 6.45) is 0.442. The van der Waals surface area contributed by atoms with Crippen molar-refractivity contribution in [1.29, 1.82) is 0 Å². The first-order chi connectivity index (χ1) is 15.5. The number of hydrogen-bond donors (Lipinski definition) is 1. The minimum absolute atomic E-state index is 0.119. The first-order valence-electron chi connectivity index (χ1n) is 10.3. The lowest BCUT2D eigenvalue weighted by Crippen LogP contribution is -2.41. The standard InChI is InChI=1S/C24H19ClN2O5/c25-17-12-19-20(32-11-10-31-19)13-18(17)26-21(28)8-3-9-27-23(29)15-6-1-4-14-5-2-7-16(22(14)15)24(27)30/h1-2,4-7,12-13H,3,8-11H2,(H,26,28). The molecule has 7 nitrogen and oxygen atoms in total. The number of nitrogens with zero attached hydrogens (tertiary/aromatic N) is 1. The second-order valence-corrected chi connectivity index (χ2v) is 8.01. The molecule has 0 fully saturated rings. The third-order valence-electron chi connectivity index (χ3n) is 5.55. The van der Waals surface area contributed by atoms with Crippen LogP contribution in [0.25, 0.3) is 10.8 Å². The zero-order chi connectivity index (χ0) is 22.2. The quantitative estimate of drug-likeness (QED) is 0.586. The lowest BCUT2D eigenvalue weighted by Gasteiger charge is -2.27. The Morgan fingerprint density at radius 1 is 0.969 bits per heavy atom. The highest BCUT2D eigenvalue weighted by atomic mass is 35.5. The maximum Gasteiger partial charge on any atom is 0.261 e. The summed E-state index contributed by atoms with van der Waals surface area (Å²) in [5, 5.41) is 4.64. The normalized spacial score (nSPS) is 14.6. The number of imide groups is 1. The number of amides is 3. The molecule has 0 saturated heterocycles. The van der Waals surface area contributed by atoms with E-state index < -0.39 is 0 Å². The van der Waals surface area contributed by atoms with Crippen molar-refractivity contribution >= 4 is 45.8 Å². The topological polar surface area (TPSA) is 84.9 Å². The first kappa shape index (κ1) is 20.3. The van der Waals surface area contributed by atoms with Crippen LogP contribution in [0.1, 0.15) is 33.6 Å². The lowest BCUT2D eigenvalue weighted by atomic mass is 9.94. The molecule has 162 valence electrons. The van der Waals surface area contributed by atoms with Crippen molar-refractivity contribution in [3.8, 4) is 11.5 Å². The molecule has 2 aliphatic rings. The molecule has 0 spiro atoms. The van der Waals surface area contributed by atoms with Gasteiger partial charge < -0.3 is 14.8 Å². The van der Waals surface area contributed by atoms with Gasteiger partial charge in [0.1, 0.15) is 13.2 Å². The molecule has 0 unspecified atom stereocenters. The van der Waals surface area contributed by atoms with Crippen LogP contribution in [0.15, 0.2) is 48.5 Å². The number of carbonyl (C=O) groups excluding carboxylic acids is 3. The van der Waals surface area contributed by atoms with E-state index in [1.165, 1.54) is 4.90 Å². The van der Waals surface area contributed by atoms with E-state index in [1.54, 1.807) is 36.4 Å². The van der Waals surface area contributed by atoms with Crippen molar-refractivity contribution in [1.82, 2.24) is 4.90 Å². The molecule has 8 heteroatoms. The molecule has 3 aromatic rings. The first-order valence-corrected chi connectivity index (χ1v) is 10.7. The summed E-state index contributed by atoms with van der Waals surface area (Å²) in [7, 11) is 0. The smallest absolute Gasteiger partial charge is 0.261 e. The van der Waals surface area contributed by atoms with E-state index in [9.17, 15) is 14.4 Å². The number of rotatable bonds is 5. The Bertz CT molecular complexity index is 1220. The molecule has 0 radical (unpaired) electrons. The molecule has 3 aromatic carbocycles. The average Bonchev–Trinajstić information content (AvgIpc) is 2.80. The average molecular weight is 451 g/mol. The second-order valence-electron chi connectivity index (χ2n) is 7.60. The summed E-state index contributed by atoms with van der Waals surface area (Å²) in [4.78, 5) is 39.5. The van der Waals surface area contributed by atoms with Crippen LogP contribution in [-0.2, 0) is 4.79 Å². The Labute approximate surface area is 188 Å². The molecule has 32 heavy (non-hydrogen) atoms. The van der Waals surface area contributed by atoms with E-state index in [1.807, 2.05) is 12.1 Å². The van der Waals surface area contributed by atoms with Gasteiger partial charge in [-0.05, 0) is 23.9 Å². The predicted molar refractivity (Wildman–Crippen MR) is 120 cm³/mol. The Kier molecular flexibility index (Phi) is 5.19. The highest BCUT2D eigenvalue weighted by molar-refractivity contribution is 6.34. The van der Waals surface area contributed by atoms with E-state index in [0.717, 1.165) is 5.39 Å². The zero-order valence-electron chi connectivity index (χ0n) is 17.0. The van der Waals surface area contributed by atoms with Crippen molar-refractivity contribution in [2.75, 3.05) is 25.1 Å². The summed E-state index contributed by atoms with van der Waals surface area (Å²) in [5.41, 5.74) is 1.43. The van der Waals surface area contributed by atoms with E-state index >= 15 is 0 Å². The summed E-state index contributed by atoms with van der Waals surface area (Å²) >= 11 is 6.24. The Balaban J connectivity index is 1.25. The maximum atomic E-state index is 12.9. The van der Waals surface area contributed by atoms with Crippen LogP contribution in [0, 0.1) is 0 Å². The number of fused-ring (bicyclic) bond motifs is 1. The van der Waals surface area contributed by atoms with Gasteiger partial charge in [-0.25, -0.2) is 0 Å². The van der Waals surface area contributed by atoms with Crippen LogP contribution >= 0.6 is 11.6 Å². The van der Waals surface area contributed by atoms with Crippen LogP contribution in [0.5, 0.6) is 11.5 Å². The van der Waals surface area contributed by atoms with Crippen molar-refractivity contribution in [3.63, 3.8) is 0 Å². The van der Waals surface area contributed by atoms with Gasteiger partial charge in [0, 0.05) is 41.6 Å². The number of carbonyl (C=O) groups is 3. The minimum Gasteiger partial charge on any atom is -0.486 e. The SMILES string of the molecule is O=C(CCCN1C(=O)c2cccc3cccc(c23)C1=O)Nc1cc2c(cc1Cl)OCCO2. The number of nitrogens with one attached hydrogen (secondary N) is 1. The number of hydrogen-bond acceptors (Lipinski definition) is 5. The van der Waals surface area contributed by atoms with Gasteiger partial charge in [-0.15, -0.1) is 0 Å². The second kappa shape index (κ2) is 8.16. The molecule has 1 N–H and O–H groups in total. The third kappa shape index (κ3) is 3.54. The van der Waals surface area contributed by atoms with Gasteiger partial charge in [-0.3, -0.25) is 19.3 Å². The molecule has 0 aliphatic carbocycles. The van der Waals surface area contributed by atoms with Crippen LogP contribution in [0.4, 0.5) is 5.69 Å². The fourth-order valence-electron chi connectivity index (χ4n) is 4.05. The van der Waals surface area contributed by atoms with Gasteiger partial charge in [-0.1, -0.05) is 35.9 Å². The highest BCUT2D eigenvalue weighted by Crippen LogP contribution is 2.38. The summed E-state index contributed by atoms with van der Waals surface area (Å²) in [6.45, 7) is 1.02. The van der Waals surface area contributed by atoms with E-state index in [-0.39, 0.29) is 30.7 Å². The molecule has 5 rings (SSSR count). The Morgan fingerprint density at radius 3 is 2.25 bits per heavy atom. The van der Waals surface area contributed by atoms with Gasteiger partial charge in [-0.2, -0.15) is 0 Å². The van der Waals surface area contributed by atoms with Crippen molar-refractivity contribution < 1.29 is 23.9 Å². The van der Waals surface area contributed by atoms with Crippen LogP contribution in [0.2, 0.25) is 5.02 Å². The number of anilines is 1. The fourth-order valence-corrected chi connectivity index (χ4v) is 4.25. The molecular weight excluding hydrogens is 432 g/mol. The number of ether oxygens (including phenoxy) is 2. The largest absolute Gasteiger partial charge is 0.486 e. The third-order valence-corrected chi connectivity index (χ3v) is 5.86. The molecule has 3 amide bonds.